The Balaban J connectivity index is 1.92. The van der Waals surface area contributed by atoms with E-state index in [4.69, 9.17) is 0 Å². The summed E-state index contributed by atoms with van der Waals surface area (Å²) in [5.74, 6) is -1.11. The van der Waals surface area contributed by atoms with Crippen LogP contribution < -0.4 is 0 Å². The molecule has 1 atom stereocenters. The van der Waals surface area contributed by atoms with Crippen LogP contribution in [0.5, 0.6) is 0 Å². The fraction of sp³-hybridized carbons (Fsp3) is 0.481. The van der Waals surface area contributed by atoms with Crippen LogP contribution in [0.3, 0.4) is 0 Å². The maximum atomic E-state index is 12.1. The first kappa shape index (κ1) is 25.4. The van der Waals surface area contributed by atoms with E-state index in [0.29, 0.717) is 29.8 Å². The molecule has 32 heavy (non-hydrogen) atoms. The van der Waals surface area contributed by atoms with Crippen LogP contribution in [0.1, 0.15) is 99.9 Å². The molecule has 2 aromatic carbocycles. The van der Waals surface area contributed by atoms with E-state index in [0.717, 1.165) is 31.2 Å². The van der Waals surface area contributed by atoms with Crippen molar-refractivity contribution in [1.29, 1.82) is 0 Å². The van der Waals surface area contributed by atoms with Gasteiger partial charge in [0.25, 0.3) is 0 Å². The molecule has 2 rings (SSSR count). The van der Waals surface area contributed by atoms with Crippen LogP contribution in [0.25, 0.3) is 0 Å². The second kappa shape index (κ2) is 14.3. The van der Waals surface area contributed by atoms with Crippen molar-refractivity contribution in [2.24, 2.45) is 10.2 Å². The van der Waals surface area contributed by atoms with Gasteiger partial charge < -0.3 is 5.11 Å². The summed E-state index contributed by atoms with van der Waals surface area (Å²) in [4.78, 5) is 23.8. The summed E-state index contributed by atoms with van der Waals surface area (Å²) < 4.78 is 0. The maximum Gasteiger partial charge on any atom is 0.310 e. The SMILES string of the molecule is CCCCCCCCC(C(=O)O)c1ccc(N=Nc2ccc(C(=O)CCCC)cc2)cc1. The molecule has 0 aromatic heterocycles. The molecular formula is C27H36N2O3. The second-order valence-electron chi connectivity index (χ2n) is 8.31. The van der Waals surface area contributed by atoms with E-state index in [1.165, 1.54) is 25.7 Å². The van der Waals surface area contributed by atoms with E-state index < -0.39 is 11.9 Å². The van der Waals surface area contributed by atoms with Gasteiger partial charge in [0.15, 0.2) is 5.78 Å². The molecule has 0 bridgehead atoms. The molecule has 0 aliphatic rings. The van der Waals surface area contributed by atoms with E-state index in [9.17, 15) is 14.7 Å². The maximum absolute atomic E-state index is 12.1. The Kier molecular flexibility index (Phi) is 11.4. The number of rotatable bonds is 15. The lowest BCUT2D eigenvalue weighted by Crippen LogP contribution is -2.11. The fourth-order valence-electron chi connectivity index (χ4n) is 3.65. The Morgan fingerprint density at radius 1 is 0.750 bits per heavy atom. The monoisotopic (exact) mass is 436 g/mol. The van der Waals surface area contributed by atoms with Crippen molar-refractivity contribution >= 4 is 23.1 Å². The van der Waals surface area contributed by atoms with Gasteiger partial charge in [-0.05, 0) is 54.8 Å². The van der Waals surface area contributed by atoms with Gasteiger partial charge in [-0.1, -0.05) is 70.9 Å². The molecule has 0 radical (unpaired) electrons. The summed E-state index contributed by atoms with van der Waals surface area (Å²) in [6.45, 7) is 4.26. The van der Waals surface area contributed by atoms with Crippen LogP contribution in [0.4, 0.5) is 11.4 Å². The van der Waals surface area contributed by atoms with Gasteiger partial charge >= 0.3 is 5.97 Å². The predicted octanol–water partition coefficient (Wildman–Crippen LogP) is 8.39. The summed E-state index contributed by atoms with van der Waals surface area (Å²) in [6.07, 6.45) is 10.0. The number of carboxylic acid groups (broad SMARTS) is 1. The van der Waals surface area contributed by atoms with Gasteiger partial charge in [-0.15, -0.1) is 0 Å². The van der Waals surface area contributed by atoms with Crippen molar-refractivity contribution in [2.75, 3.05) is 0 Å². The molecule has 0 amide bonds. The predicted molar refractivity (Wildman–Crippen MR) is 129 cm³/mol. The highest BCUT2D eigenvalue weighted by Crippen LogP contribution is 2.26. The number of ketones is 1. The molecule has 1 unspecified atom stereocenters. The average Bonchev–Trinajstić information content (AvgIpc) is 2.81. The van der Waals surface area contributed by atoms with Gasteiger partial charge in [0.1, 0.15) is 0 Å². The van der Waals surface area contributed by atoms with Crippen LogP contribution in [0.15, 0.2) is 58.8 Å². The number of benzene rings is 2. The van der Waals surface area contributed by atoms with Gasteiger partial charge in [-0.2, -0.15) is 10.2 Å². The number of hydrogen-bond acceptors (Lipinski definition) is 4. The second-order valence-corrected chi connectivity index (χ2v) is 8.31. The highest BCUT2D eigenvalue weighted by atomic mass is 16.4. The number of Topliss-reactive ketones (excluding diaryl/α,β-unsaturated/α-hetero) is 1. The molecule has 0 saturated carbocycles. The molecular weight excluding hydrogens is 400 g/mol. The Morgan fingerprint density at radius 2 is 1.28 bits per heavy atom. The molecule has 0 fully saturated rings. The Bertz CT molecular complexity index is 857. The zero-order valence-corrected chi connectivity index (χ0v) is 19.4. The average molecular weight is 437 g/mol. The molecule has 0 heterocycles. The minimum Gasteiger partial charge on any atom is -0.481 e. The zero-order valence-electron chi connectivity index (χ0n) is 19.4. The summed E-state index contributed by atoms with van der Waals surface area (Å²) in [6, 6.07) is 14.4. The first-order valence-electron chi connectivity index (χ1n) is 11.9. The van der Waals surface area contributed by atoms with E-state index in [1.54, 1.807) is 36.4 Å². The van der Waals surface area contributed by atoms with Crippen LogP contribution in [-0.2, 0) is 4.79 Å². The Hall–Kier alpha value is -2.82. The molecule has 5 heteroatoms. The van der Waals surface area contributed by atoms with E-state index in [-0.39, 0.29) is 5.78 Å². The number of carboxylic acids is 1. The van der Waals surface area contributed by atoms with E-state index >= 15 is 0 Å². The van der Waals surface area contributed by atoms with Gasteiger partial charge in [-0.25, -0.2) is 0 Å². The third-order valence-electron chi connectivity index (χ3n) is 5.67. The van der Waals surface area contributed by atoms with E-state index in [2.05, 4.69) is 24.1 Å². The van der Waals surface area contributed by atoms with Crippen molar-refractivity contribution in [3.05, 3.63) is 59.7 Å². The van der Waals surface area contributed by atoms with Crippen molar-refractivity contribution in [1.82, 2.24) is 0 Å². The molecule has 0 saturated heterocycles. The highest BCUT2D eigenvalue weighted by molar-refractivity contribution is 5.96. The minimum atomic E-state index is -0.776. The third-order valence-corrected chi connectivity index (χ3v) is 5.67. The number of hydrogen-bond donors (Lipinski definition) is 1. The standard InChI is InChI=1S/C27H36N2O3/c1-3-5-7-8-9-10-11-25(27(31)32)21-13-17-23(18-14-21)28-29-24-19-15-22(16-20-24)26(30)12-6-4-2/h13-20,25H,3-12H2,1-2H3,(H,31,32). The van der Waals surface area contributed by atoms with Gasteiger partial charge in [-0.3, -0.25) is 9.59 Å². The Labute approximate surface area is 192 Å². The van der Waals surface area contributed by atoms with Crippen LogP contribution >= 0.6 is 0 Å². The lowest BCUT2D eigenvalue weighted by molar-refractivity contribution is -0.139. The molecule has 0 aliphatic carbocycles. The first-order valence-corrected chi connectivity index (χ1v) is 11.9. The van der Waals surface area contributed by atoms with Crippen molar-refractivity contribution in [3.63, 3.8) is 0 Å². The minimum absolute atomic E-state index is 0.153. The first-order chi connectivity index (χ1) is 15.5. The zero-order chi connectivity index (χ0) is 23.2. The Morgan fingerprint density at radius 3 is 1.84 bits per heavy atom. The van der Waals surface area contributed by atoms with Gasteiger partial charge in [0.2, 0.25) is 0 Å². The van der Waals surface area contributed by atoms with Crippen molar-refractivity contribution in [2.45, 2.75) is 84.0 Å². The molecule has 172 valence electrons. The van der Waals surface area contributed by atoms with E-state index in [1.807, 2.05) is 12.1 Å². The lowest BCUT2D eigenvalue weighted by atomic mass is 9.93. The molecule has 2 aromatic rings. The third kappa shape index (κ3) is 8.74. The molecule has 1 N–H and O–H groups in total. The highest BCUT2D eigenvalue weighted by Gasteiger charge is 2.19. The molecule has 0 aliphatic heterocycles. The largest absolute Gasteiger partial charge is 0.481 e. The lowest BCUT2D eigenvalue weighted by Gasteiger charge is -2.12. The normalized spacial score (nSPS) is 12.2. The van der Waals surface area contributed by atoms with Gasteiger partial charge in [0.05, 0.1) is 17.3 Å². The number of nitrogens with zero attached hydrogens (tertiary/aromatic N) is 2. The number of azo groups is 1. The van der Waals surface area contributed by atoms with Crippen LogP contribution in [-0.4, -0.2) is 16.9 Å². The quantitative estimate of drug-likeness (QED) is 0.173. The van der Waals surface area contributed by atoms with Gasteiger partial charge in [0, 0.05) is 12.0 Å². The summed E-state index contributed by atoms with van der Waals surface area (Å²) >= 11 is 0. The summed E-state index contributed by atoms with van der Waals surface area (Å²) in [7, 11) is 0. The van der Waals surface area contributed by atoms with Crippen LogP contribution in [0.2, 0.25) is 0 Å². The fourth-order valence-corrected chi connectivity index (χ4v) is 3.65. The van der Waals surface area contributed by atoms with Crippen molar-refractivity contribution in [3.8, 4) is 0 Å². The molecule has 0 spiro atoms. The number of unbranched alkanes of at least 4 members (excludes halogenated alkanes) is 6. The summed E-state index contributed by atoms with van der Waals surface area (Å²) in [5.41, 5.74) is 2.85. The number of carbonyl (C=O) groups excluding carboxylic acids is 1. The number of aliphatic carboxylic acids is 1. The summed E-state index contributed by atoms with van der Waals surface area (Å²) in [5, 5.41) is 18.1. The van der Waals surface area contributed by atoms with Crippen LogP contribution in [0, 0.1) is 0 Å². The smallest absolute Gasteiger partial charge is 0.310 e. The van der Waals surface area contributed by atoms with Crippen molar-refractivity contribution < 1.29 is 14.7 Å². The molecule has 5 nitrogen and oxygen atoms in total. The topological polar surface area (TPSA) is 79.1 Å². The number of carbonyl (C=O) groups is 2.